The Morgan fingerprint density at radius 3 is 2.65 bits per heavy atom. The number of nitrogens with zero attached hydrogens (tertiary/aromatic N) is 1. The van der Waals surface area contributed by atoms with Gasteiger partial charge < -0.3 is 5.32 Å². The van der Waals surface area contributed by atoms with Crippen LogP contribution >= 0.6 is 11.8 Å². The molecule has 1 saturated carbocycles. The summed E-state index contributed by atoms with van der Waals surface area (Å²) < 4.78 is 0. The first-order valence-corrected chi connectivity index (χ1v) is 8.97. The molecule has 1 unspecified atom stereocenters. The van der Waals surface area contributed by atoms with Gasteiger partial charge in [0, 0.05) is 35.8 Å². The summed E-state index contributed by atoms with van der Waals surface area (Å²) in [6.45, 7) is 5.87. The van der Waals surface area contributed by atoms with E-state index in [1.54, 1.807) is 0 Å². The number of nitrogens with one attached hydrogen (secondary N) is 1. The van der Waals surface area contributed by atoms with Gasteiger partial charge in [-0.1, -0.05) is 17.7 Å². The van der Waals surface area contributed by atoms with Gasteiger partial charge in [0.1, 0.15) is 0 Å². The largest absolute Gasteiger partial charge is 0.313 e. The molecule has 2 nitrogen and oxygen atoms in total. The lowest BCUT2D eigenvalue weighted by Gasteiger charge is -2.25. The molecule has 0 amide bonds. The van der Waals surface area contributed by atoms with Gasteiger partial charge in [-0.25, -0.2) is 0 Å². The predicted octanol–water partition coefficient (Wildman–Crippen LogP) is 3.30. The number of thioether (sulfide) groups is 1. The van der Waals surface area contributed by atoms with E-state index in [0.29, 0.717) is 0 Å². The Hall–Kier alpha value is -0.510. The summed E-state index contributed by atoms with van der Waals surface area (Å²) in [6, 6.07) is 10.6. The lowest BCUT2D eigenvalue weighted by molar-refractivity contribution is 0.254. The van der Waals surface area contributed by atoms with Crippen LogP contribution in [-0.2, 0) is 0 Å². The molecule has 1 N–H and O–H groups in total. The van der Waals surface area contributed by atoms with Crippen molar-refractivity contribution in [3.8, 4) is 0 Å². The third-order valence-corrected chi connectivity index (χ3v) is 5.34. The number of rotatable bonds is 7. The molecule has 0 bridgehead atoms. The molecule has 0 aromatic heterocycles. The molecule has 20 heavy (non-hydrogen) atoms. The summed E-state index contributed by atoms with van der Waals surface area (Å²) in [5.41, 5.74) is 1.35. The Kier molecular flexibility index (Phi) is 5.03. The zero-order valence-electron chi connectivity index (χ0n) is 12.5. The van der Waals surface area contributed by atoms with Gasteiger partial charge in [0.15, 0.2) is 0 Å². The van der Waals surface area contributed by atoms with Crippen LogP contribution in [0.5, 0.6) is 0 Å². The second-order valence-corrected chi connectivity index (χ2v) is 7.35. The van der Waals surface area contributed by atoms with Crippen molar-refractivity contribution in [2.75, 3.05) is 25.4 Å². The predicted molar refractivity (Wildman–Crippen MR) is 87.5 cm³/mol. The third kappa shape index (κ3) is 4.24. The van der Waals surface area contributed by atoms with Gasteiger partial charge in [-0.15, -0.1) is 11.8 Å². The van der Waals surface area contributed by atoms with Gasteiger partial charge in [0.05, 0.1) is 0 Å². The molecular weight excluding hydrogens is 264 g/mol. The molecule has 1 aromatic carbocycles. The van der Waals surface area contributed by atoms with E-state index in [9.17, 15) is 0 Å². The van der Waals surface area contributed by atoms with E-state index in [1.807, 2.05) is 11.8 Å². The number of hydrogen-bond acceptors (Lipinski definition) is 3. The SMILES string of the molecule is Cc1ccc(SCCN(CC2CCCN2)C2CC2)cc1. The molecule has 0 radical (unpaired) electrons. The standard InChI is InChI=1S/C17H26N2S/c1-14-4-8-17(9-5-14)20-12-11-19(16-6-7-16)13-15-3-2-10-18-15/h4-5,8-9,15-16,18H,2-3,6-7,10-13H2,1H3. The molecular formula is C17H26N2S. The average molecular weight is 290 g/mol. The lowest BCUT2D eigenvalue weighted by Crippen LogP contribution is -2.39. The third-order valence-electron chi connectivity index (χ3n) is 4.35. The fraction of sp³-hybridized carbons (Fsp3) is 0.647. The summed E-state index contributed by atoms with van der Waals surface area (Å²) in [4.78, 5) is 4.13. The molecule has 1 aliphatic heterocycles. The minimum atomic E-state index is 0.750. The summed E-state index contributed by atoms with van der Waals surface area (Å²) in [7, 11) is 0. The summed E-state index contributed by atoms with van der Waals surface area (Å²) in [6.07, 6.45) is 5.57. The van der Waals surface area contributed by atoms with E-state index in [2.05, 4.69) is 41.4 Å². The minimum absolute atomic E-state index is 0.750. The van der Waals surface area contributed by atoms with Crippen molar-refractivity contribution in [3.63, 3.8) is 0 Å². The maximum atomic E-state index is 3.64. The van der Waals surface area contributed by atoms with E-state index in [1.165, 1.54) is 61.5 Å². The van der Waals surface area contributed by atoms with Crippen LogP contribution < -0.4 is 5.32 Å². The van der Waals surface area contributed by atoms with Gasteiger partial charge in [-0.05, 0) is 51.3 Å². The zero-order chi connectivity index (χ0) is 13.8. The van der Waals surface area contributed by atoms with Crippen molar-refractivity contribution in [1.29, 1.82) is 0 Å². The molecule has 3 rings (SSSR count). The van der Waals surface area contributed by atoms with Crippen molar-refractivity contribution in [2.45, 2.75) is 49.6 Å². The highest BCUT2D eigenvalue weighted by Gasteiger charge is 2.30. The molecule has 1 heterocycles. The minimum Gasteiger partial charge on any atom is -0.313 e. The smallest absolute Gasteiger partial charge is 0.0195 e. The monoisotopic (exact) mass is 290 g/mol. The van der Waals surface area contributed by atoms with Crippen molar-refractivity contribution in [2.24, 2.45) is 0 Å². The van der Waals surface area contributed by atoms with Crippen LogP contribution in [0.2, 0.25) is 0 Å². The average Bonchev–Trinajstić information content (AvgIpc) is 3.18. The van der Waals surface area contributed by atoms with Crippen LogP contribution in [0.3, 0.4) is 0 Å². The van der Waals surface area contributed by atoms with Crippen LogP contribution in [0.4, 0.5) is 0 Å². The first-order valence-electron chi connectivity index (χ1n) is 7.98. The van der Waals surface area contributed by atoms with E-state index in [0.717, 1.165) is 12.1 Å². The van der Waals surface area contributed by atoms with Gasteiger partial charge >= 0.3 is 0 Å². The van der Waals surface area contributed by atoms with Crippen LogP contribution in [0.1, 0.15) is 31.2 Å². The second kappa shape index (κ2) is 6.97. The zero-order valence-corrected chi connectivity index (χ0v) is 13.3. The van der Waals surface area contributed by atoms with E-state index < -0.39 is 0 Å². The summed E-state index contributed by atoms with van der Waals surface area (Å²) in [5.74, 6) is 1.21. The van der Waals surface area contributed by atoms with Gasteiger partial charge in [0.2, 0.25) is 0 Å². The quantitative estimate of drug-likeness (QED) is 0.776. The van der Waals surface area contributed by atoms with Crippen LogP contribution in [-0.4, -0.2) is 42.4 Å². The summed E-state index contributed by atoms with van der Waals surface area (Å²) >= 11 is 2.00. The Balaban J connectivity index is 1.43. The second-order valence-electron chi connectivity index (χ2n) is 6.18. The van der Waals surface area contributed by atoms with Gasteiger partial charge in [-0.3, -0.25) is 4.90 Å². The maximum absolute atomic E-state index is 3.64. The highest BCUT2D eigenvalue weighted by molar-refractivity contribution is 7.99. The molecule has 0 spiro atoms. The highest BCUT2D eigenvalue weighted by atomic mass is 32.2. The van der Waals surface area contributed by atoms with Gasteiger partial charge in [0.25, 0.3) is 0 Å². The molecule has 1 saturated heterocycles. The molecule has 110 valence electrons. The Morgan fingerprint density at radius 2 is 2.00 bits per heavy atom. The lowest BCUT2D eigenvalue weighted by atomic mass is 10.2. The molecule has 1 aliphatic carbocycles. The molecule has 3 heteroatoms. The molecule has 2 fully saturated rings. The van der Waals surface area contributed by atoms with Crippen molar-refractivity contribution in [1.82, 2.24) is 10.2 Å². The number of hydrogen-bond donors (Lipinski definition) is 1. The van der Waals surface area contributed by atoms with Crippen LogP contribution in [0.25, 0.3) is 0 Å². The van der Waals surface area contributed by atoms with Crippen LogP contribution in [0.15, 0.2) is 29.2 Å². The van der Waals surface area contributed by atoms with Crippen molar-refractivity contribution < 1.29 is 0 Å². The number of aryl methyl sites for hydroxylation is 1. The Bertz CT molecular complexity index is 408. The van der Waals surface area contributed by atoms with E-state index in [-0.39, 0.29) is 0 Å². The molecule has 2 aliphatic rings. The summed E-state index contributed by atoms with van der Waals surface area (Å²) in [5, 5.41) is 3.64. The fourth-order valence-electron chi connectivity index (χ4n) is 2.97. The number of benzene rings is 1. The van der Waals surface area contributed by atoms with Gasteiger partial charge in [-0.2, -0.15) is 0 Å². The molecule has 1 aromatic rings. The fourth-order valence-corrected chi connectivity index (χ4v) is 3.86. The maximum Gasteiger partial charge on any atom is 0.0195 e. The Labute approximate surface area is 127 Å². The van der Waals surface area contributed by atoms with E-state index in [4.69, 9.17) is 0 Å². The first-order chi connectivity index (χ1) is 9.81. The molecule has 1 atom stereocenters. The topological polar surface area (TPSA) is 15.3 Å². The van der Waals surface area contributed by atoms with Crippen LogP contribution in [0, 0.1) is 6.92 Å². The van der Waals surface area contributed by atoms with Crippen molar-refractivity contribution in [3.05, 3.63) is 29.8 Å². The first kappa shape index (κ1) is 14.4. The highest BCUT2D eigenvalue weighted by Crippen LogP contribution is 2.28. The Morgan fingerprint density at radius 1 is 1.20 bits per heavy atom. The van der Waals surface area contributed by atoms with Crippen molar-refractivity contribution >= 4 is 11.8 Å². The normalized spacial score (nSPS) is 22.6. The van der Waals surface area contributed by atoms with E-state index >= 15 is 0 Å².